The molecule has 0 aliphatic heterocycles. The molecule has 0 atom stereocenters. The third-order valence-electron chi connectivity index (χ3n) is 3.26. The zero-order chi connectivity index (χ0) is 14.7. The molecule has 1 heterocycles. The summed E-state index contributed by atoms with van der Waals surface area (Å²) in [6.07, 6.45) is 0. The molecule has 3 rings (SSSR count). The molecular formula is C16H13N3OS. The summed E-state index contributed by atoms with van der Waals surface area (Å²) < 4.78 is 8.25. The molecule has 0 aliphatic rings. The van der Waals surface area contributed by atoms with Crippen LogP contribution in [-0.4, -0.2) is 16.2 Å². The number of fused-ring (bicyclic) bond motifs is 1. The van der Waals surface area contributed by atoms with Gasteiger partial charge in [-0.15, -0.1) is 0 Å². The van der Waals surface area contributed by atoms with E-state index in [0.29, 0.717) is 23.5 Å². The Morgan fingerprint density at radius 2 is 1.95 bits per heavy atom. The van der Waals surface area contributed by atoms with Crippen LogP contribution in [0.25, 0.3) is 11.0 Å². The van der Waals surface area contributed by atoms with Gasteiger partial charge in [0.1, 0.15) is 18.4 Å². The van der Waals surface area contributed by atoms with E-state index < -0.39 is 0 Å². The first-order valence-electron chi connectivity index (χ1n) is 6.59. The SMILES string of the molecule is N#Cc1cccc2c1[nH]c(=S)n2CCOc1ccccc1. The normalized spacial score (nSPS) is 10.4. The Kier molecular flexibility index (Phi) is 3.71. The number of para-hydroxylation sites is 2. The fourth-order valence-corrected chi connectivity index (χ4v) is 2.56. The van der Waals surface area contributed by atoms with Crippen molar-refractivity contribution in [1.82, 2.24) is 9.55 Å². The number of rotatable bonds is 4. The molecule has 0 saturated heterocycles. The quantitative estimate of drug-likeness (QED) is 0.747. The second-order valence-electron chi connectivity index (χ2n) is 4.55. The average Bonchev–Trinajstić information content (AvgIpc) is 2.84. The van der Waals surface area contributed by atoms with Crippen LogP contribution in [0.2, 0.25) is 0 Å². The monoisotopic (exact) mass is 295 g/mol. The van der Waals surface area contributed by atoms with E-state index in [1.165, 1.54) is 0 Å². The van der Waals surface area contributed by atoms with Crippen LogP contribution in [-0.2, 0) is 6.54 Å². The number of benzene rings is 2. The number of aromatic nitrogens is 2. The van der Waals surface area contributed by atoms with Gasteiger partial charge in [-0.3, -0.25) is 0 Å². The lowest BCUT2D eigenvalue weighted by Gasteiger charge is -2.07. The van der Waals surface area contributed by atoms with E-state index in [0.717, 1.165) is 16.8 Å². The van der Waals surface area contributed by atoms with Crippen molar-refractivity contribution in [2.45, 2.75) is 6.54 Å². The van der Waals surface area contributed by atoms with Crippen LogP contribution in [0.3, 0.4) is 0 Å². The third-order valence-corrected chi connectivity index (χ3v) is 3.58. The summed E-state index contributed by atoms with van der Waals surface area (Å²) in [5.74, 6) is 0.835. The molecular weight excluding hydrogens is 282 g/mol. The molecule has 21 heavy (non-hydrogen) atoms. The van der Waals surface area contributed by atoms with E-state index in [9.17, 15) is 0 Å². The lowest BCUT2D eigenvalue weighted by molar-refractivity contribution is 0.299. The molecule has 2 aromatic carbocycles. The van der Waals surface area contributed by atoms with Gasteiger partial charge in [-0.2, -0.15) is 5.26 Å². The van der Waals surface area contributed by atoms with Gasteiger partial charge in [-0.05, 0) is 36.5 Å². The minimum atomic E-state index is 0.516. The summed E-state index contributed by atoms with van der Waals surface area (Å²) in [7, 11) is 0. The van der Waals surface area contributed by atoms with E-state index in [4.69, 9.17) is 22.2 Å². The van der Waals surface area contributed by atoms with Crippen molar-refractivity contribution in [2.75, 3.05) is 6.61 Å². The lowest BCUT2D eigenvalue weighted by Crippen LogP contribution is -2.08. The molecule has 1 aromatic heterocycles. The molecule has 0 aliphatic carbocycles. The van der Waals surface area contributed by atoms with Gasteiger partial charge >= 0.3 is 0 Å². The summed E-state index contributed by atoms with van der Waals surface area (Å²) in [6, 6.07) is 17.4. The minimum Gasteiger partial charge on any atom is -0.492 e. The zero-order valence-corrected chi connectivity index (χ0v) is 12.1. The third kappa shape index (κ3) is 2.67. The maximum Gasteiger partial charge on any atom is 0.178 e. The molecule has 0 fully saturated rings. The zero-order valence-electron chi connectivity index (χ0n) is 11.2. The molecule has 0 radical (unpaired) electrons. The lowest BCUT2D eigenvalue weighted by atomic mass is 10.2. The fraction of sp³-hybridized carbons (Fsp3) is 0.125. The molecule has 0 amide bonds. The number of imidazole rings is 1. The van der Waals surface area contributed by atoms with E-state index in [2.05, 4.69) is 11.1 Å². The van der Waals surface area contributed by atoms with Gasteiger partial charge in [0.15, 0.2) is 4.77 Å². The van der Waals surface area contributed by atoms with Crippen molar-refractivity contribution in [2.24, 2.45) is 0 Å². The smallest absolute Gasteiger partial charge is 0.178 e. The molecule has 4 nitrogen and oxygen atoms in total. The first-order chi connectivity index (χ1) is 10.3. The number of hydrogen-bond donors (Lipinski definition) is 1. The summed E-state index contributed by atoms with van der Waals surface area (Å²) in [4.78, 5) is 3.09. The van der Waals surface area contributed by atoms with Crippen LogP contribution in [0.1, 0.15) is 5.56 Å². The maximum absolute atomic E-state index is 9.12. The fourth-order valence-electron chi connectivity index (χ4n) is 2.27. The highest BCUT2D eigenvalue weighted by Gasteiger charge is 2.07. The van der Waals surface area contributed by atoms with Crippen LogP contribution in [0.15, 0.2) is 48.5 Å². The Morgan fingerprint density at radius 1 is 1.14 bits per heavy atom. The van der Waals surface area contributed by atoms with Gasteiger partial charge in [0, 0.05) is 0 Å². The summed E-state index contributed by atoms with van der Waals surface area (Å²) in [6.45, 7) is 1.14. The predicted octanol–water partition coefficient (Wildman–Crippen LogP) is 3.65. The second kappa shape index (κ2) is 5.81. The summed E-state index contributed by atoms with van der Waals surface area (Å²) in [5.41, 5.74) is 2.31. The number of nitriles is 1. The molecule has 5 heteroatoms. The van der Waals surface area contributed by atoms with Gasteiger partial charge in [0.2, 0.25) is 0 Å². The van der Waals surface area contributed by atoms with Gasteiger partial charge in [-0.1, -0.05) is 24.3 Å². The number of nitrogens with zero attached hydrogens (tertiary/aromatic N) is 2. The van der Waals surface area contributed by atoms with Gasteiger partial charge in [0.25, 0.3) is 0 Å². The highest BCUT2D eigenvalue weighted by Crippen LogP contribution is 2.18. The van der Waals surface area contributed by atoms with E-state index >= 15 is 0 Å². The first-order valence-corrected chi connectivity index (χ1v) is 7.00. The Balaban J connectivity index is 1.83. The summed E-state index contributed by atoms with van der Waals surface area (Å²) >= 11 is 5.33. The highest BCUT2D eigenvalue weighted by atomic mass is 32.1. The maximum atomic E-state index is 9.12. The highest BCUT2D eigenvalue weighted by molar-refractivity contribution is 7.71. The molecule has 0 unspecified atom stereocenters. The van der Waals surface area contributed by atoms with Crippen LogP contribution in [0.4, 0.5) is 0 Å². The molecule has 0 bridgehead atoms. The van der Waals surface area contributed by atoms with Crippen molar-refractivity contribution < 1.29 is 4.74 Å². The van der Waals surface area contributed by atoms with E-state index in [1.807, 2.05) is 47.0 Å². The van der Waals surface area contributed by atoms with Crippen molar-refractivity contribution in [3.05, 3.63) is 58.9 Å². The molecule has 0 spiro atoms. The molecule has 0 saturated carbocycles. The van der Waals surface area contributed by atoms with E-state index in [1.54, 1.807) is 6.07 Å². The van der Waals surface area contributed by atoms with Crippen LogP contribution in [0.5, 0.6) is 5.75 Å². The Bertz CT molecular complexity index is 859. The van der Waals surface area contributed by atoms with Crippen LogP contribution < -0.4 is 4.74 Å². The van der Waals surface area contributed by atoms with Crippen LogP contribution in [0, 0.1) is 16.1 Å². The summed E-state index contributed by atoms with van der Waals surface area (Å²) in [5, 5.41) is 9.12. The second-order valence-corrected chi connectivity index (χ2v) is 4.94. The van der Waals surface area contributed by atoms with Gasteiger partial charge in [-0.25, -0.2) is 0 Å². The largest absolute Gasteiger partial charge is 0.492 e. The molecule has 3 aromatic rings. The first kappa shape index (κ1) is 13.4. The van der Waals surface area contributed by atoms with Crippen molar-refractivity contribution >= 4 is 23.3 Å². The topological polar surface area (TPSA) is 53.7 Å². The molecule has 1 N–H and O–H groups in total. The van der Waals surface area contributed by atoms with Gasteiger partial charge < -0.3 is 14.3 Å². The number of H-pyrrole nitrogens is 1. The number of nitrogens with one attached hydrogen (secondary N) is 1. The average molecular weight is 295 g/mol. The standard InChI is InChI=1S/C16H13N3OS/c17-11-12-5-4-8-14-15(12)18-16(21)19(14)9-10-20-13-6-2-1-3-7-13/h1-8H,9-10H2,(H,18,21). The van der Waals surface area contributed by atoms with Crippen molar-refractivity contribution in [3.8, 4) is 11.8 Å². The molecule has 104 valence electrons. The number of ether oxygens (including phenoxy) is 1. The van der Waals surface area contributed by atoms with Crippen molar-refractivity contribution in [3.63, 3.8) is 0 Å². The van der Waals surface area contributed by atoms with E-state index in [-0.39, 0.29) is 0 Å². The number of hydrogen-bond acceptors (Lipinski definition) is 3. The Labute approximate surface area is 127 Å². The minimum absolute atomic E-state index is 0.516. The Morgan fingerprint density at radius 3 is 2.71 bits per heavy atom. The van der Waals surface area contributed by atoms with Crippen LogP contribution >= 0.6 is 12.2 Å². The Hall–Kier alpha value is -2.58. The van der Waals surface area contributed by atoms with Crippen molar-refractivity contribution in [1.29, 1.82) is 5.26 Å². The van der Waals surface area contributed by atoms with Gasteiger partial charge in [0.05, 0.1) is 23.1 Å². The predicted molar refractivity (Wildman–Crippen MR) is 83.8 cm³/mol. The number of aromatic amines is 1.